The quantitative estimate of drug-likeness (QED) is 0.746. The molecule has 0 amide bonds. The van der Waals surface area contributed by atoms with E-state index in [9.17, 15) is 14.9 Å². The van der Waals surface area contributed by atoms with Crippen molar-refractivity contribution in [3.05, 3.63) is 71.8 Å². The maximum absolute atomic E-state index is 13.2. The van der Waals surface area contributed by atoms with Crippen LogP contribution in [0.2, 0.25) is 0 Å². The Kier molecular flexibility index (Phi) is 4.87. The minimum absolute atomic E-state index is 0.00744. The van der Waals surface area contributed by atoms with Crippen LogP contribution in [-0.2, 0) is 14.9 Å². The lowest BCUT2D eigenvalue weighted by Gasteiger charge is -2.53. The molecule has 0 spiro atoms. The van der Waals surface area contributed by atoms with Crippen molar-refractivity contribution < 1.29 is 14.3 Å². The molecule has 2 aliphatic rings. The monoisotopic (exact) mass is 373 g/mol. The second-order valence-corrected chi connectivity index (χ2v) is 7.76. The number of ether oxygens (including phenoxy) is 1. The topological polar surface area (TPSA) is 67.2 Å². The van der Waals surface area contributed by atoms with E-state index in [1.165, 1.54) is 0 Å². The number of carbonyl (C=O) groups is 2. The number of nitrogens with zero attached hydrogens (tertiary/aromatic N) is 1. The van der Waals surface area contributed by atoms with Gasteiger partial charge in [-0.05, 0) is 31.2 Å². The van der Waals surface area contributed by atoms with E-state index < -0.39 is 11.0 Å². The van der Waals surface area contributed by atoms with Gasteiger partial charge in [0, 0.05) is 18.4 Å². The molecule has 4 nitrogen and oxygen atoms in total. The summed E-state index contributed by atoms with van der Waals surface area (Å²) in [6.07, 6.45) is 2.62. The molecule has 0 N–H and O–H groups in total. The molecule has 1 saturated heterocycles. The third-order valence-electron chi connectivity index (χ3n) is 6.26. The first-order valence-electron chi connectivity index (χ1n) is 9.87. The Balaban J connectivity index is 1.66. The summed E-state index contributed by atoms with van der Waals surface area (Å²) in [5.74, 6) is 0.0902. The summed E-state index contributed by atoms with van der Waals surface area (Å²) >= 11 is 0. The van der Waals surface area contributed by atoms with Crippen LogP contribution < -0.4 is 0 Å². The van der Waals surface area contributed by atoms with Crippen molar-refractivity contribution in [1.29, 1.82) is 5.26 Å². The van der Waals surface area contributed by atoms with Gasteiger partial charge >= 0.3 is 0 Å². The average Bonchev–Trinajstić information content (AvgIpc) is 2.75. The van der Waals surface area contributed by atoms with Crippen LogP contribution in [0.5, 0.6) is 0 Å². The minimum atomic E-state index is -1.20. The van der Waals surface area contributed by atoms with E-state index in [-0.39, 0.29) is 24.1 Å². The predicted molar refractivity (Wildman–Crippen MR) is 105 cm³/mol. The minimum Gasteiger partial charge on any atom is -0.355 e. The normalized spacial score (nSPS) is 29.5. The number of rotatable bonds is 4. The van der Waals surface area contributed by atoms with Crippen LogP contribution in [0.25, 0.3) is 0 Å². The Labute approximate surface area is 165 Å². The molecule has 28 heavy (non-hydrogen) atoms. The van der Waals surface area contributed by atoms with Gasteiger partial charge in [0.2, 0.25) is 0 Å². The summed E-state index contributed by atoms with van der Waals surface area (Å²) in [6, 6.07) is 21.1. The van der Waals surface area contributed by atoms with Crippen molar-refractivity contribution in [3.8, 4) is 6.07 Å². The predicted octanol–water partition coefficient (Wildman–Crippen LogP) is 4.39. The lowest BCUT2D eigenvalue weighted by molar-refractivity contribution is -0.172. The molecule has 2 aromatic carbocycles. The SMILES string of the molecule is N#C[C@]12CCCC(=O)[C@]1(c1ccccc1)CC[C@@H](CC(=O)c1ccccc1)O2. The molecular weight excluding hydrogens is 350 g/mol. The molecule has 1 saturated carbocycles. The van der Waals surface area contributed by atoms with Crippen molar-refractivity contribution in [1.82, 2.24) is 0 Å². The molecule has 1 aliphatic carbocycles. The maximum Gasteiger partial charge on any atom is 0.171 e. The first-order valence-corrected chi connectivity index (χ1v) is 9.87. The van der Waals surface area contributed by atoms with Crippen LogP contribution in [0.1, 0.15) is 54.4 Å². The summed E-state index contributed by atoms with van der Waals surface area (Å²) in [7, 11) is 0. The van der Waals surface area contributed by atoms with Crippen LogP contribution in [-0.4, -0.2) is 23.3 Å². The molecule has 142 valence electrons. The third-order valence-corrected chi connectivity index (χ3v) is 6.26. The summed E-state index contributed by atoms with van der Waals surface area (Å²) in [4.78, 5) is 25.8. The summed E-state index contributed by atoms with van der Waals surface area (Å²) < 4.78 is 6.34. The Morgan fingerprint density at radius 2 is 1.75 bits per heavy atom. The lowest BCUT2D eigenvalue weighted by atomic mass is 9.55. The van der Waals surface area contributed by atoms with Gasteiger partial charge in [0.1, 0.15) is 5.78 Å². The standard InChI is InChI=1S/C24H23NO3/c25-17-23-14-7-12-22(27)24(23,19-10-5-2-6-11-19)15-13-20(28-23)16-21(26)18-8-3-1-4-9-18/h1-6,8-11,20H,7,12-16H2/t20-,23+,24+/m0/s1. The van der Waals surface area contributed by atoms with E-state index in [1.54, 1.807) is 12.1 Å². The van der Waals surface area contributed by atoms with E-state index in [0.29, 0.717) is 37.7 Å². The second kappa shape index (κ2) is 7.33. The molecule has 0 unspecified atom stereocenters. The Morgan fingerprint density at radius 3 is 2.43 bits per heavy atom. The number of benzene rings is 2. The summed E-state index contributed by atoms with van der Waals surface area (Å²) in [5, 5.41) is 10.2. The van der Waals surface area contributed by atoms with Gasteiger partial charge in [0.05, 0.1) is 17.6 Å². The van der Waals surface area contributed by atoms with Crippen molar-refractivity contribution in [3.63, 3.8) is 0 Å². The first kappa shape index (κ1) is 18.6. The van der Waals surface area contributed by atoms with Crippen LogP contribution in [0.3, 0.4) is 0 Å². The zero-order valence-electron chi connectivity index (χ0n) is 15.8. The van der Waals surface area contributed by atoms with Crippen LogP contribution in [0.4, 0.5) is 0 Å². The second-order valence-electron chi connectivity index (χ2n) is 7.76. The fraction of sp³-hybridized carbons (Fsp3) is 0.375. The number of Topliss-reactive ketones (excluding diaryl/α,β-unsaturated/α-hetero) is 2. The highest BCUT2D eigenvalue weighted by molar-refractivity contribution is 5.96. The molecule has 1 heterocycles. The Morgan fingerprint density at radius 1 is 1.07 bits per heavy atom. The fourth-order valence-corrected chi connectivity index (χ4v) is 4.90. The van der Waals surface area contributed by atoms with E-state index in [4.69, 9.17) is 4.74 Å². The highest BCUT2D eigenvalue weighted by Crippen LogP contribution is 2.53. The molecule has 2 aromatic rings. The van der Waals surface area contributed by atoms with Gasteiger partial charge in [-0.25, -0.2) is 0 Å². The number of hydrogen-bond donors (Lipinski definition) is 0. The summed E-state index contributed by atoms with van der Waals surface area (Å²) in [5.41, 5.74) is -0.636. The molecular formula is C24H23NO3. The van der Waals surface area contributed by atoms with Gasteiger partial charge in [-0.2, -0.15) is 5.26 Å². The van der Waals surface area contributed by atoms with Gasteiger partial charge in [0.25, 0.3) is 0 Å². The largest absolute Gasteiger partial charge is 0.355 e. The molecule has 4 rings (SSSR count). The lowest BCUT2D eigenvalue weighted by Crippen LogP contribution is -2.63. The molecule has 0 aromatic heterocycles. The van der Waals surface area contributed by atoms with Gasteiger partial charge in [-0.15, -0.1) is 0 Å². The number of fused-ring (bicyclic) bond motifs is 1. The highest BCUT2D eigenvalue weighted by Gasteiger charge is 2.63. The van der Waals surface area contributed by atoms with E-state index >= 15 is 0 Å². The molecule has 2 fully saturated rings. The van der Waals surface area contributed by atoms with E-state index in [0.717, 1.165) is 5.56 Å². The fourth-order valence-electron chi connectivity index (χ4n) is 4.90. The molecule has 1 aliphatic heterocycles. The van der Waals surface area contributed by atoms with E-state index in [2.05, 4.69) is 6.07 Å². The van der Waals surface area contributed by atoms with Crippen molar-refractivity contribution in [2.75, 3.05) is 0 Å². The first-order chi connectivity index (χ1) is 13.6. The zero-order chi connectivity index (χ0) is 19.6. The van der Waals surface area contributed by atoms with Crippen molar-refractivity contribution in [2.45, 2.75) is 55.6 Å². The molecule has 4 heteroatoms. The maximum atomic E-state index is 13.2. The molecule has 3 atom stereocenters. The van der Waals surface area contributed by atoms with Crippen molar-refractivity contribution >= 4 is 11.6 Å². The van der Waals surface area contributed by atoms with Gasteiger partial charge in [-0.3, -0.25) is 9.59 Å². The number of hydrogen-bond acceptors (Lipinski definition) is 4. The highest BCUT2D eigenvalue weighted by atomic mass is 16.5. The van der Waals surface area contributed by atoms with Crippen LogP contribution in [0, 0.1) is 11.3 Å². The average molecular weight is 373 g/mol. The van der Waals surface area contributed by atoms with Crippen molar-refractivity contribution in [2.24, 2.45) is 0 Å². The third kappa shape index (κ3) is 2.87. The Bertz CT molecular complexity index is 918. The zero-order valence-corrected chi connectivity index (χ0v) is 15.8. The van der Waals surface area contributed by atoms with Gasteiger partial charge in [-0.1, -0.05) is 60.7 Å². The number of ketones is 2. The molecule has 0 bridgehead atoms. The van der Waals surface area contributed by atoms with Crippen LogP contribution in [0.15, 0.2) is 60.7 Å². The van der Waals surface area contributed by atoms with Gasteiger partial charge < -0.3 is 4.74 Å². The van der Waals surface area contributed by atoms with Gasteiger partial charge in [0.15, 0.2) is 11.4 Å². The number of carbonyl (C=O) groups excluding carboxylic acids is 2. The van der Waals surface area contributed by atoms with Crippen LogP contribution >= 0.6 is 0 Å². The summed E-state index contributed by atoms with van der Waals surface area (Å²) in [6.45, 7) is 0. The smallest absolute Gasteiger partial charge is 0.171 e. The number of nitriles is 1. The molecule has 0 radical (unpaired) electrons. The van der Waals surface area contributed by atoms with E-state index in [1.807, 2.05) is 48.5 Å². The Hall–Kier alpha value is -2.77.